The summed E-state index contributed by atoms with van der Waals surface area (Å²) >= 11 is 5.90. The highest BCUT2D eigenvalue weighted by molar-refractivity contribution is 6.39. The average molecular weight is 461 g/mol. The fourth-order valence-electron chi connectivity index (χ4n) is 2.65. The lowest BCUT2D eigenvalue weighted by atomic mass is 10.1. The zero-order valence-electron chi connectivity index (χ0n) is 17.1. The molecule has 0 bridgehead atoms. The number of nitrogens with one attached hydrogen (secondary N) is 2. The molecule has 0 heterocycles. The highest BCUT2D eigenvalue weighted by Gasteiger charge is 2.14. The molecule has 3 aromatic rings. The number of carbonyl (C=O) groups excluding carboxylic acids is 3. The van der Waals surface area contributed by atoms with Crippen molar-refractivity contribution in [3.05, 3.63) is 94.5 Å². The number of nitrogens with zero attached hydrogens (tertiary/aromatic N) is 2. The van der Waals surface area contributed by atoms with Crippen LogP contribution < -0.4 is 15.5 Å². The summed E-state index contributed by atoms with van der Waals surface area (Å²) in [5, 5.41) is 15.3. The van der Waals surface area contributed by atoms with Crippen LogP contribution in [0.2, 0.25) is 5.02 Å². The molecule has 2 N–H and O–H groups in total. The third-order valence-electron chi connectivity index (χ3n) is 4.25. The van der Waals surface area contributed by atoms with E-state index < -0.39 is 17.8 Å². The number of hydrogen-bond donors (Lipinski definition) is 2. The Balaban J connectivity index is 1.59. The van der Waals surface area contributed by atoms with E-state index >= 15 is 0 Å². The summed E-state index contributed by atoms with van der Waals surface area (Å²) in [6.07, 6.45) is 1.50. The summed E-state index contributed by atoms with van der Waals surface area (Å²) in [6.45, 7) is 0. The van der Waals surface area contributed by atoms with Crippen molar-refractivity contribution in [3.8, 4) is 11.8 Å². The van der Waals surface area contributed by atoms with Gasteiger partial charge in [-0.15, -0.1) is 0 Å². The molecule has 33 heavy (non-hydrogen) atoms. The van der Waals surface area contributed by atoms with Crippen LogP contribution in [0, 0.1) is 11.3 Å². The van der Waals surface area contributed by atoms with Crippen LogP contribution in [-0.2, 0) is 16.0 Å². The molecule has 3 aromatic carbocycles. The molecular formula is C24H17ClN4O4. The molecule has 0 fully saturated rings. The van der Waals surface area contributed by atoms with Gasteiger partial charge in [-0.05, 0) is 48.0 Å². The van der Waals surface area contributed by atoms with Gasteiger partial charge in [-0.1, -0.05) is 41.9 Å². The van der Waals surface area contributed by atoms with Crippen LogP contribution in [0.5, 0.6) is 5.75 Å². The fraction of sp³-hybridized carbons (Fsp3) is 0.0417. The minimum absolute atomic E-state index is 0.211. The van der Waals surface area contributed by atoms with Gasteiger partial charge in [-0.2, -0.15) is 10.4 Å². The zero-order valence-corrected chi connectivity index (χ0v) is 17.9. The first-order valence-electron chi connectivity index (χ1n) is 9.63. The van der Waals surface area contributed by atoms with Crippen LogP contribution in [0.3, 0.4) is 0 Å². The summed E-state index contributed by atoms with van der Waals surface area (Å²) in [7, 11) is 0. The number of carbonyl (C=O) groups is 3. The summed E-state index contributed by atoms with van der Waals surface area (Å²) in [5.74, 6) is -2.30. The van der Waals surface area contributed by atoms with Gasteiger partial charge in [-0.25, -0.2) is 10.2 Å². The molecule has 0 saturated heterocycles. The molecule has 0 aromatic heterocycles. The topological polar surface area (TPSA) is 121 Å². The molecular weight excluding hydrogens is 444 g/mol. The minimum Gasteiger partial charge on any atom is -0.422 e. The number of nitriles is 1. The van der Waals surface area contributed by atoms with E-state index in [2.05, 4.69) is 15.8 Å². The van der Waals surface area contributed by atoms with Crippen molar-refractivity contribution in [1.82, 2.24) is 5.43 Å². The van der Waals surface area contributed by atoms with E-state index in [-0.39, 0.29) is 17.7 Å². The first kappa shape index (κ1) is 23.2. The minimum atomic E-state index is -0.985. The molecule has 0 unspecified atom stereocenters. The second-order valence-electron chi connectivity index (χ2n) is 6.62. The Morgan fingerprint density at radius 2 is 1.76 bits per heavy atom. The van der Waals surface area contributed by atoms with Gasteiger partial charge in [0.05, 0.1) is 24.3 Å². The van der Waals surface area contributed by atoms with Gasteiger partial charge < -0.3 is 10.1 Å². The molecule has 0 aliphatic carbocycles. The number of hydrogen-bond acceptors (Lipinski definition) is 6. The lowest BCUT2D eigenvalue weighted by molar-refractivity contribution is -0.136. The van der Waals surface area contributed by atoms with Crippen LogP contribution in [0.4, 0.5) is 5.69 Å². The Bertz CT molecular complexity index is 1250. The van der Waals surface area contributed by atoms with Gasteiger partial charge in [-0.3, -0.25) is 9.59 Å². The van der Waals surface area contributed by atoms with Crippen molar-refractivity contribution < 1.29 is 19.1 Å². The van der Waals surface area contributed by atoms with E-state index in [4.69, 9.17) is 21.6 Å². The molecule has 9 heteroatoms. The first-order chi connectivity index (χ1) is 16.0. The van der Waals surface area contributed by atoms with Crippen LogP contribution in [0.1, 0.15) is 21.5 Å². The maximum Gasteiger partial charge on any atom is 0.343 e. The quantitative estimate of drug-likeness (QED) is 0.191. The largest absolute Gasteiger partial charge is 0.422 e. The lowest BCUT2D eigenvalue weighted by Gasteiger charge is -2.07. The van der Waals surface area contributed by atoms with E-state index in [0.29, 0.717) is 16.3 Å². The predicted octanol–water partition coefficient (Wildman–Crippen LogP) is 3.71. The number of ether oxygens (including phenoxy) is 1. The van der Waals surface area contributed by atoms with Crippen molar-refractivity contribution in [2.24, 2.45) is 5.10 Å². The molecule has 2 amide bonds. The third-order valence-corrected chi connectivity index (χ3v) is 4.49. The second-order valence-corrected chi connectivity index (χ2v) is 7.06. The monoisotopic (exact) mass is 460 g/mol. The SMILES string of the molecule is N#CCc1ccc(NC(=O)C(=O)N/N=C/c2ccccc2OC(=O)c2cccc(Cl)c2)cc1. The van der Waals surface area contributed by atoms with Crippen molar-refractivity contribution in [3.63, 3.8) is 0 Å². The maximum absolute atomic E-state index is 12.4. The molecule has 0 radical (unpaired) electrons. The van der Waals surface area contributed by atoms with Crippen LogP contribution >= 0.6 is 11.6 Å². The normalized spacial score (nSPS) is 10.3. The van der Waals surface area contributed by atoms with E-state index in [1.807, 2.05) is 6.07 Å². The first-order valence-corrected chi connectivity index (χ1v) is 10.0. The molecule has 0 aliphatic rings. The average Bonchev–Trinajstić information content (AvgIpc) is 2.81. The Hall–Kier alpha value is -4.48. The standard InChI is InChI=1S/C24H17ClN4O4/c25-19-6-3-5-17(14-19)24(32)33-21-7-2-1-4-18(21)15-27-29-23(31)22(30)28-20-10-8-16(9-11-20)12-13-26/h1-11,14-15H,12H2,(H,28,30)(H,29,31)/b27-15+. The Labute approximate surface area is 194 Å². The number of rotatable bonds is 6. The number of para-hydroxylation sites is 1. The molecule has 0 spiro atoms. The molecule has 0 aliphatic heterocycles. The molecule has 0 atom stereocenters. The Kier molecular flexibility index (Phi) is 7.89. The summed E-state index contributed by atoms with van der Waals surface area (Å²) in [4.78, 5) is 36.4. The van der Waals surface area contributed by atoms with E-state index in [1.165, 1.54) is 12.3 Å². The fourth-order valence-corrected chi connectivity index (χ4v) is 2.84. The molecule has 0 saturated carbocycles. The third kappa shape index (κ3) is 6.75. The van der Waals surface area contributed by atoms with Crippen molar-refractivity contribution >= 4 is 41.3 Å². The summed E-state index contributed by atoms with van der Waals surface area (Å²) in [5.41, 5.74) is 3.99. The number of amides is 2. The van der Waals surface area contributed by atoms with Crippen molar-refractivity contribution in [1.29, 1.82) is 5.26 Å². The highest BCUT2D eigenvalue weighted by atomic mass is 35.5. The smallest absolute Gasteiger partial charge is 0.343 e. The molecule has 8 nitrogen and oxygen atoms in total. The Morgan fingerprint density at radius 3 is 2.48 bits per heavy atom. The van der Waals surface area contributed by atoms with Gasteiger partial charge in [0, 0.05) is 16.3 Å². The summed E-state index contributed by atoms with van der Waals surface area (Å²) < 4.78 is 5.40. The maximum atomic E-state index is 12.4. The number of halogens is 1. The number of esters is 1. The van der Waals surface area contributed by atoms with Crippen molar-refractivity contribution in [2.75, 3.05) is 5.32 Å². The van der Waals surface area contributed by atoms with Gasteiger partial charge in [0.15, 0.2) is 0 Å². The van der Waals surface area contributed by atoms with Gasteiger partial charge in [0.1, 0.15) is 5.75 Å². The molecule has 164 valence electrons. The lowest BCUT2D eigenvalue weighted by Crippen LogP contribution is -2.32. The van der Waals surface area contributed by atoms with Crippen molar-refractivity contribution in [2.45, 2.75) is 6.42 Å². The number of benzene rings is 3. The van der Waals surface area contributed by atoms with E-state index in [0.717, 1.165) is 5.56 Å². The predicted molar refractivity (Wildman–Crippen MR) is 123 cm³/mol. The number of hydrazone groups is 1. The summed E-state index contributed by atoms with van der Waals surface area (Å²) in [6, 6.07) is 21.4. The highest BCUT2D eigenvalue weighted by Crippen LogP contribution is 2.19. The van der Waals surface area contributed by atoms with Gasteiger partial charge in [0.2, 0.25) is 0 Å². The van der Waals surface area contributed by atoms with Gasteiger partial charge in [0.25, 0.3) is 0 Å². The van der Waals surface area contributed by atoms with Crippen LogP contribution in [-0.4, -0.2) is 24.0 Å². The van der Waals surface area contributed by atoms with Gasteiger partial charge >= 0.3 is 17.8 Å². The molecule has 3 rings (SSSR count). The van der Waals surface area contributed by atoms with Crippen LogP contribution in [0.25, 0.3) is 0 Å². The van der Waals surface area contributed by atoms with E-state index in [1.54, 1.807) is 66.7 Å². The second kappa shape index (κ2) is 11.2. The zero-order chi connectivity index (χ0) is 23.6. The number of anilines is 1. The van der Waals surface area contributed by atoms with Crippen LogP contribution in [0.15, 0.2) is 77.9 Å². The van der Waals surface area contributed by atoms with E-state index in [9.17, 15) is 14.4 Å². The Morgan fingerprint density at radius 1 is 1.00 bits per heavy atom.